The Hall–Kier alpha value is -3.67. The Labute approximate surface area is 169 Å². The number of rotatable bonds is 6. The van der Waals surface area contributed by atoms with Crippen molar-refractivity contribution in [2.45, 2.75) is 13.0 Å². The largest absolute Gasteiger partial charge is 0.494 e. The molecule has 29 heavy (non-hydrogen) atoms. The molecule has 0 spiro atoms. The summed E-state index contributed by atoms with van der Waals surface area (Å²) in [6, 6.07) is 21.8. The zero-order valence-corrected chi connectivity index (χ0v) is 16.0. The topological polar surface area (TPSA) is 66.0 Å². The smallest absolute Gasteiger partial charge is 0.269 e. The predicted molar refractivity (Wildman–Crippen MR) is 109 cm³/mol. The maximum Gasteiger partial charge on any atom is 0.269 e. The molecule has 4 rings (SSSR count). The van der Waals surface area contributed by atoms with E-state index in [9.17, 15) is 4.79 Å². The van der Waals surface area contributed by atoms with Gasteiger partial charge in [0, 0.05) is 0 Å². The first-order chi connectivity index (χ1) is 14.2. The van der Waals surface area contributed by atoms with Crippen LogP contribution >= 0.6 is 0 Å². The number of ether oxygens (including phenoxy) is 4. The van der Waals surface area contributed by atoms with Crippen LogP contribution in [0.4, 0.5) is 5.69 Å². The van der Waals surface area contributed by atoms with Gasteiger partial charge in [-0.3, -0.25) is 4.79 Å². The van der Waals surface area contributed by atoms with Crippen LogP contribution in [0.3, 0.4) is 0 Å². The fourth-order valence-electron chi connectivity index (χ4n) is 2.92. The van der Waals surface area contributed by atoms with Crippen molar-refractivity contribution < 1.29 is 23.7 Å². The van der Waals surface area contributed by atoms with Gasteiger partial charge < -0.3 is 24.3 Å². The third kappa shape index (κ3) is 4.43. The van der Waals surface area contributed by atoms with Crippen LogP contribution in [0.2, 0.25) is 0 Å². The van der Waals surface area contributed by atoms with E-state index in [1.54, 1.807) is 18.2 Å². The third-order valence-electron chi connectivity index (χ3n) is 4.31. The number of carbonyl (C=O) groups is 1. The molecule has 0 saturated carbocycles. The van der Waals surface area contributed by atoms with Crippen LogP contribution in [0.1, 0.15) is 6.92 Å². The first kappa shape index (κ1) is 18.7. The molecule has 0 saturated heterocycles. The SMILES string of the molecule is CCOc1ccc(Oc2ccccc2NC(=O)C2COc3ccccc3O2)cc1. The van der Waals surface area contributed by atoms with Crippen LogP contribution in [0, 0.1) is 0 Å². The highest BCUT2D eigenvalue weighted by atomic mass is 16.6. The fourth-order valence-corrected chi connectivity index (χ4v) is 2.92. The van der Waals surface area contributed by atoms with Crippen LogP contribution in [-0.4, -0.2) is 25.2 Å². The number of nitrogens with one attached hydrogen (secondary N) is 1. The Morgan fingerprint density at radius 3 is 2.45 bits per heavy atom. The average molecular weight is 391 g/mol. The summed E-state index contributed by atoms with van der Waals surface area (Å²) < 4.78 is 22.8. The zero-order chi connectivity index (χ0) is 20.1. The van der Waals surface area contributed by atoms with Crippen molar-refractivity contribution in [2.75, 3.05) is 18.5 Å². The molecule has 1 N–H and O–H groups in total. The fraction of sp³-hybridized carbons (Fsp3) is 0.174. The third-order valence-corrected chi connectivity index (χ3v) is 4.31. The second-order valence-electron chi connectivity index (χ2n) is 6.36. The summed E-state index contributed by atoms with van der Waals surface area (Å²) in [7, 11) is 0. The molecule has 148 valence electrons. The highest BCUT2D eigenvalue weighted by Crippen LogP contribution is 2.33. The van der Waals surface area contributed by atoms with E-state index < -0.39 is 6.10 Å². The van der Waals surface area contributed by atoms with Gasteiger partial charge >= 0.3 is 0 Å². The van der Waals surface area contributed by atoms with E-state index in [4.69, 9.17) is 18.9 Å². The minimum Gasteiger partial charge on any atom is -0.494 e. The molecule has 1 amide bonds. The van der Waals surface area contributed by atoms with Gasteiger partial charge in [0.1, 0.15) is 18.1 Å². The lowest BCUT2D eigenvalue weighted by molar-refractivity contribution is -0.125. The molecule has 3 aromatic carbocycles. The van der Waals surface area contributed by atoms with Crippen molar-refractivity contribution in [2.24, 2.45) is 0 Å². The standard InChI is InChI=1S/C23H21NO5/c1-2-26-16-11-13-17(14-12-16)28-19-8-4-3-7-18(19)24-23(25)22-15-27-20-9-5-6-10-21(20)29-22/h3-14,22H,2,15H2,1H3,(H,24,25). The zero-order valence-electron chi connectivity index (χ0n) is 16.0. The van der Waals surface area contributed by atoms with Crippen LogP contribution in [0.5, 0.6) is 28.7 Å². The summed E-state index contributed by atoms with van der Waals surface area (Å²) >= 11 is 0. The lowest BCUT2D eigenvalue weighted by Gasteiger charge is -2.25. The van der Waals surface area contributed by atoms with Gasteiger partial charge in [0.2, 0.25) is 6.10 Å². The highest BCUT2D eigenvalue weighted by molar-refractivity contribution is 5.96. The molecule has 3 aromatic rings. The Bertz CT molecular complexity index is 987. The molecule has 6 heteroatoms. The van der Waals surface area contributed by atoms with Crippen LogP contribution in [0.15, 0.2) is 72.8 Å². The highest BCUT2D eigenvalue weighted by Gasteiger charge is 2.27. The number of fused-ring (bicyclic) bond motifs is 1. The summed E-state index contributed by atoms with van der Waals surface area (Å²) in [6.07, 6.45) is -0.747. The lowest BCUT2D eigenvalue weighted by atomic mass is 10.2. The Morgan fingerprint density at radius 2 is 1.66 bits per heavy atom. The summed E-state index contributed by atoms with van der Waals surface area (Å²) in [5.74, 6) is 2.83. The molecule has 0 bridgehead atoms. The number of para-hydroxylation sites is 4. The van der Waals surface area contributed by atoms with Gasteiger partial charge in [-0.15, -0.1) is 0 Å². The quantitative estimate of drug-likeness (QED) is 0.662. The molecule has 1 heterocycles. The van der Waals surface area contributed by atoms with E-state index in [1.165, 1.54) is 0 Å². The molecule has 0 aliphatic carbocycles. The van der Waals surface area contributed by atoms with Crippen molar-refractivity contribution in [1.29, 1.82) is 0 Å². The molecule has 6 nitrogen and oxygen atoms in total. The molecule has 1 aliphatic heterocycles. The summed E-state index contributed by atoms with van der Waals surface area (Å²) in [4.78, 5) is 12.7. The average Bonchev–Trinajstić information content (AvgIpc) is 2.76. The molecule has 0 aromatic heterocycles. The Morgan fingerprint density at radius 1 is 0.966 bits per heavy atom. The number of carbonyl (C=O) groups excluding carboxylic acids is 1. The summed E-state index contributed by atoms with van der Waals surface area (Å²) in [5.41, 5.74) is 0.550. The van der Waals surface area contributed by atoms with Crippen molar-refractivity contribution in [3.05, 3.63) is 72.8 Å². The normalized spacial score (nSPS) is 14.7. The van der Waals surface area contributed by atoms with Gasteiger partial charge in [0.05, 0.1) is 12.3 Å². The van der Waals surface area contributed by atoms with Crippen molar-refractivity contribution >= 4 is 11.6 Å². The first-order valence-electron chi connectivity index (χ1n) is 9.42. The Kier molecular flexibility index (Phi) is 5.52. The number of anilines is 1. The lowest BCUT2D eigenvalue weighted by Crippen LogP contribution is -2.40. The van der Waals surface area contributed by atoms with E-state index >= 15 is 0 Å². The van der Waals surface area contributed by atoms with Crippen molar-refractivity contribution in [1.82, 2.24) is 0 Å². The number of amides is 1. The molecule has 0 radical (unpaired) electrons. The maximum atomic E-state index is 12.7. The van der Waals surface area contributed by atoms with E-state index in [2.05, 4.69) is 5.32 Å². The van der Waals surface area contributed by atoms with E-state index in [0.29, 0.717) is 35.3 Å². The molecule has 0 fully saturated rings. The van der Waals surface area contributed by atoms with Gasteiger partial charge in [-0.1, -0.05) is 24.3 Å². The van der Waals surface area contributed by atoms with Crippen molar-refractivity contribution in [3.63, 3.8) is 0 Å². The molecule has 1 atom stereocenters. The van der Waals surface area contributed by atoms with Gasteiger partial charge in [-0.25, -0.2) is 0 Å². The molecular weight excluding hydrogens is 370 g/mol. The van der Waals surface area contributed by atoms with Crippen LogP contribution in [-0.2, 0) is 4.79 Å². The van der Waals surface area contributed by atoms with E-state index in [1.807, 2.05) is 61.5 Å². The second-order valence-corrected chi connectivity index (χ2v) is 6.36. The molecule has 1 unspecified atom stereocenters. The van der Waals surface area contributed by atoms with Crippen LogP contribution in [0.25, 0.3) is 0 Å². The van der Waals surface area contributed by atoms with E-state index in [0.717, 1.165) is 5.75 Å². The first-order valence-corrected chi connectivity index (χ1v) is 9.42. The summed E-state index contributed by atoms with van der Waals surface area (Å²) in [5, 5.41) is 2.87. The molecular formula is C23H21NO5. The van der Waals surface area contributed by atoms with Crippen molar-refractivity contribution in [3.8, 4) is 28.7 Å². The maximum absolute atomic E-state index is 12.7. The molecule has 1 aliphatic rings. The van der Waals surface area contributed by atoms with Gasteiger partial charge in [0.15, 0.2) is 17.2 Å². The Balaban J connectivity index is 1.45. The second kappa shape index (κ2) is 8.56. The van der Waals surface area contributed by atoms with Gasteiger partial charge in [-0.05, 0) is 55.5 Å². The number of hydrogen-bond donors (Lipinski definition) is 1. The summed E-state index contributed by atoms with van der Waals surface area (Å²) in [6.45, 7) is 2.68. The number of hydrogen-bond acceptors (Lipinski definition) is 5. The number of benzene rings is 3. The van der Waals surface area contributed by atoms with Gasteiger partial charge in [0.25, 0.3) is 5.91 Å². The van der Waals surface area contributed by atoms with E-state index in [-0.39, 0.29) is 12.5 Å². The van der Waals surface area contributed by atoms with Crippen LogP contribution < -0.4 is 24.3 Å². The monoisotopic (exact) mass is 391 g/mol. The van der Waals surface area contributed by atoms with Gasteiger partial charge in [-0.2, -0.15) is 0 Å². The minimum atomic E-state index is -0.747. The predicted octanol–water partition coefficient (Wildman–Crippen LogP) is 4.66. The minimum absolute atomic E-state index is 0.144.